The average molecular weight is 334 g/mol. The normalized spacial score (nSPS) is 12.8. The van der Waals surface area contributed by atoms with Gasteiger partial charge in [-0.1, -0.05) is 31.5 Å². The van der Waals surface area contributed by atoms with Crippen LogP contribution in [-0.4, -0.2) is 14.6 Å². The SMILES string of the molecule is CCCC(N)N(c1ccccc1)S(=O)(=O)c1cc(N)ccc1N. The Morgan fingerprint density at radius 1 is 1.09 bits per heavy atom. The molecule has 0 saturated carbocycles. The number of anilines is 3. The minimum atomic E-state index is -3.93. The lowest BCUT2D eigenvalue weighted by atomic mass is 10.2. The van der Waals surface area contributed by atoms with Crippen LogP contribution in [0.3, 0.4) is 0 Å². The van der Waals surface area contributed by atoms with Crippen molar-refractivity contribution in [2.75, 3.05) is 15.8 Å². The molecule has 124 valence electrons. The van der Waals surface area contributed by atoms with Gasteiger partial charge in [-0.2, -0.15) is 0 Å². The van der Waals surface area contributed by atoms with Gasteiger partial charge in [0, 0.05) is 5.69 Å². The van der Waals surface area contributed by atoms with Crippen LogP contribution in [0.5, 0.6) is 0 Å². The van der Waals surface area contributed by atoms with Crippen molar-refractivity contribution in [2.45, 2.75) is 30.8 Å². The lowest BCUT2D eigenvalue weighted by Gasteiger charge is -2.30. The van der Waals surface area contributed by atoms with E-state index < -0.39 is 16.2 Å². The molecule has 2 aromatic rings. The number of nitrogens with two attached hydrogens (primary N) is 3. The fourth-order valence-corrected chi connectivity index (χ4v) is 4.10. The summed E-state index contributed by atoms with van der Waals surface area (Å²) >= 11 is 0. The summed E-state index contributed by atoms with van der Waals surface area (Å²) in [5, 5.41) is 0. The van der Waals surface area contributed by atoms with Crippen LogP contribution in [0.15, 0.2) is 53.4 Å². The van der Waals surface area contributed by atoms with Crippen molar-refractivity contribution in [1.82, 2.24) is 0 Å². The molecule has 0 bridgehead atoms. The van der Waals surface area contributed by atoms with E-state index >= 15 is 0 Å². The van der Waals surface area contributed by atoms with Gasteiger partial charge < -0.3 is 17.2 Å². The fraction of sp³-hybridized carbons (Fsp3) is 0.250. The molecule has 0 aliphatic heterocycles. The molecule has 0 heterocycles. The molecular weight excluding hydrogens is 312 g/mol. The molecule has 2 rings (SSSR count). The molecular formula is C16H22N4O2S. The fourth-order valence-electron chi connectivity index (χ4n) is 2.38. The third-order valence-corrected chi connectivity index (χ3v) is 5.38. The quantitative estimate of drug-likeness (QED) is 0.553. The van der Waals surface area contributed by atoms with Crippen LogP contribution in [0.4, 0.5) is 17.1 Å². The predicted octanol–water partition coefficient (Wildman–Crippen LogP) is 2.13. The molecule has 0 radical (unpaired) electrons. The van der Waals surface area contributed by atoms with Gasteiger partial charge in [0.2, 0.25) is 0 Å². The summed E-state index contributed by atoms with van der Waals surface area (Å²) in [5.74, 6) is 0. The molecule has 23 heavy (non-hydrogen) atoms. The van der Waals surface area contributed by atoms with E-state index in [9.17, 15) is 8.42 Å². The van der Waals surface area contributed by atoms with Gasteiger partial charge in [-0.25, -0.2) is 12.7 Å². The summed E-state index contributed by atoms with van der Waals surface area (Å²) in [4.78, 5) is -0.0343. The van der Waals surface area contributed by atoms with E-state index in [1.54, 1.807) is 30.3 Å². The molecule has 6 N–H and O–H groups in total. The van der Waals surface area contributed by atoms with Gasteiger partial charge in [0.05, 0.1) is 17.5 Å². The molecule has 0 amide bonds. The van der Waals surface area contributed by atoms with Gasteiger partial charge >= 0.3 is 0 Å². The second kappa shape index (κ2) is 6.89. The Kier molecular flexibility index (Phi) is 5.12. The molecule has 0 aliphatic rings. The highest BCUT2D eigenvalue weighted by molar-refractivity contribution is 7.93. The van der Waals surface area contributed by atoms with Gasteiger partial charge in [0.25, 0.3) is 10.0 Å². The van der Waals surface area contributed by atoms with E-state index in [4.69, 9.17) is 17.2 Å². The third kappa shape index (κ3) is 3.57. The Morgan fingerprint density at radius 2 is 1.74 bits per heavy atom. The summed E-state index contributed by atoms with van der Waals surface area (Å²) < 4.78 is 27.5. The summed E-state index contributed by atoms with van der Waals surface area (Å²) in [6.07, 6.45) is 0.594. The standard InChI is InChI=1S/C16H22N4O2S/c1-2-6-16(19)20(13-7-4-3-5-8-13)23(21,22)15-11-12(17)9-10-14(15)18/h3-5,7-11,16H,2,6,17-19H2,1H3. The largest absolute Gasteiger partial charge is 0.399 e. The van der Waals surface area contributed by atoms with Gasteiger partial charge in [-0.05, 0) is 36.8 Å². The van der Waals surface area contributed by atoms with Crippen molar-refractivity contribution in [3.8, 4) is 0 Å². The zero-order valence-electron chi connectivity index (χ0n) is 13.0. The topological polar surface area (TPSA) is 115 Å². The smallest absolute Gasteiger partial charge is 0.267 e. The number of para-hydroxylation sites is 1. The van der Waals surface area contributed by atoms with E-state index in [1.807, 2.05) is 13.0 Å². The number of hydrogen-bond acceptors (Lipinski definition) is 5. The van der Waals surface area contributed by atoms with Crippen molar-refractivity contribution in [3.63, 3.8) is 0 Å². The first-order valence-electron chi connectivity index (χ1n) is 7.38. The number of nitrogen functional groups attached to an aromatic ring is 2. The highest BCUT2D eigenvalue weighted by atomic mass is 32.2. The molecule has 0 spiro atoms. The maximum atomic E-state index is 13.1. The van der Waals surface area contributed by atoms with Crippen LogP contribution in [0.1, 0.15) is 19.8 Å². The van der Waals surface area contributed by atoms with Crippen molar-refractivity contribution < 1.29 is 8.42 Å². The van der Waals surface area contributed by atoms with Crippen molar-refractivity contribution in [3.05, 3.63) is 48.5 Å². The molecule has 2 aromatic carbocycles. The van der Waals surface area contributed by atoms with Crippen LogP contribution >= 0.6 is 0 Å². The first kappa shape index (κ1) is 17.1. The summed E-state index contributed by atoms with van der Waals surface area (Å²) in [6.45, 7) is 1.95. The van der Waals surface area contributed by atoms with E-state index in [2.05, 4.69) is 0 Å². The van der Waals surface area contributed by atoms with Crippen LogP contribution in [0.25, 0.3) is 0 Å². The van der Waals surface area contributed by atoms with Gasteiger partial charge in [-0.15, -0.1) is 0 Å². The first-order chi connectivity index (χ1) is 10.9. The molecule has 1 atom stereocenters. The van der Waals surface area contributed by atoms with Crippen LogP contribution in [-0.2, 0) is 10.0 Å². The Morgan fingerprint density at radius 3 is 2.35 bits per heavy atom. The predicted molar refractivity (Wildman–Crippen MR) is 94.3 cm³/mol. The van der Waals surface area contributed by atoms with Crippen LogP contribution in [0.2, 0.25) is 0 Å². The van der Waals surface area contributed by atoms with E-state index in [-0.39, 0.29) is 10.6 Å². The summed E-state index contributed by atoms with van der Waals surface area (Å²) in [5.41, 5.74) is 18.7. The lowest BCUT2D eigenvalue weighted by Crippen LogP contribution is -2.46. The van der Waals surface area contributed by atoms with Crippen molar-refractivity contribution >= 4 is 27.1 Å². The van der Waals surface area contributed by atoms with Crippen LogP contribution in [0, 0.1) is 0 Å². The molecule has 6 nitrogen and oxygen atoms in total. The number of benzene rings is 2. The summed E-state index contributed by atoms with van der Waals surface area (Å²) in [7, 11) is -3.93. The highest BCUT2D eigenvalue weighted by Gasteiger charge is 2.31. The average Bonchev–Trinajstić information content (AvgIpc) is 2.51. The maximum Gasteiger partial charge on any atom is 0.267 e. The molecule has 1 unspecified atom stereocenters. The summed E-state index contributed by atoms with van der Waals surface area (Å²) in [6, 6.07) is 13.2. The number of sulfonamides is 1. The van der Waals surface area contributed by atoms with Crippen molar-refractivity contribution in [2.24, 2.45) is 5.73 Å². The van der Waals surface area contributed by atoms with Crippen molar-refractivity contribution in [1.29, 1.82) is 0 Å². The zero-order valence-corrected chi connectivity index (χ0v) is 13.8. The molecule has 0 fully saturated rings. The van der Waals surface area contributed by atoms with Gasteiger partial charge in [0.1, 0.15) is 4.90 Å². The Bertz CT molecular complexity index is 763. The molecule has 0 aromatic heterocycles. The Hall–Kier alpha value is -2.25. The number of nitrogens with zero attached hydrogens (tertiary/aromatic N) is 1. The van der Waals surface area contributed by atoms with Crippen LogP contribution < -0.4 is 21.5 Å². The highest BCUT2D eigenvalue weighted by Crippen LogP contribution is 2.30. The second-order valence-corrected chi connectivity index (χ2v) is 7.07. The Labute approximate surface area is 136 Å². The minimum Gasteiger partial charge on any atom is -0.399 e. The number of rotatable bonds is 6. The van der Waals surface area contributed by atoms with Gasteiger partial charge in [0.15, 0.2) is 0 Å². The monoisotopic (exact) mass is 334 g/mol. The Balaban J connectivity index is 2.60. The first-order valence-corrected chi connectivity index (χ1v) is 8.82. The van der Waals surface area contributed by atoms with E-state index in [0.29, 0.717) is 17.8 Å². The lowest BCUT2D eigenvalue weighted by molar-refractivity contribution is 0.562. The van der Waals surface area contributed by atoms with Gasteiger partial charge in [-0.3, -0.25) is 0 Å². The number of hydrogen-bond donors (Lipinski definition) is 3. The molecule has 7 heteroatoms. The maximum absolute atomic E-state index is 13.1. The minimum absolute atomic E-state index is 0.0343. The van der Waals surface area contributed by atoms with E-state index in [1.165, 1.54) is 16.4 Å². The molecule has 0 saturated heterocycles. The zero-order chi connectivity index (χ0) is 17.0. The third-order valence-electron chi connectivity index (χ3n) is 3.47. The second-order valence-electron chi connectivity index (χ2n) is 5.29. The van der Waals surface area contributed by atoms with E-state index in [0.717, 1.165) is 6.42 Å². The molecule has 0 aliphatic carbocycles.